The summed E-state index contributed by atoms with van der Waals surface area (Å²) in [4.78, 5) is 21.0. The third-order valence-corrected chi connectivity index (χ3v) is 4.67. The first-order valence-corrected chi connectivity index (χ1v) is 8.32. The predicted molar refractivity (Wildman–Crippen MR) is 92.7 cm³/mol. The molecule has 0 spiro atoms. The Labute approximate surface area is 143 Å². The van der Waals surface area contributed by atoms with E-state index in [1.54, 1.807) is 36.7 Å². The largest absolute Gasteiger partial charge is 0.343 e. The maximum Gasteiger partial charge on any atom is 0.253 e. The van der Waals surface area contributed by atoms with Crippen LogP contribution in [0, 0.1) is 0 Å². The second-order valence-electron chi connectivity index (χ2n) is 4.99. The van der Waals surface area contributed by atoms with E-state index in [0.29, 0.717) is 10.6 Å². The number of carbonyl (C=O) groups excluding carboxylic acids is 1. The van der Waals surface area contributed by atoms with Gasteiger partial charge in [-0.15, -0.1) is 11.3 Å². The van der Waals surface area contributed by atoms with E-state index in [9.17, 15) is 4.79 Å². The number of hydrogen-bond donors (Lipinski definition) is 1. The third kappa shape index (κ3) is 3.57. The number of amides is 1. The van der Waals surface area contributed by atoms with Crippen molar-refractivity contribution in [3.05, 3.63) is 69.8 Å². The second kappa shape index (κ2) is 6.89. The first-order chi connectivity index (χ1) is 11.1. The molecule has 0 saturated heterocycles. The first-order valence-electron chi connectivity index (χ1n) is 7.06. The van der Waals surface area contributed by atoms with Crippen LogP contribution >= 0.6 is 22.9 Å². The molecule has 3 aromatic rings. The Bertz CT molecular complexity index is 819. The van der Waals surface area contributed by atoms with Crippen LogP contribution in [0.25, 0.3) is 11.3 Å². The summed E-state index contributed by atoms with van der Waals surface area (Å²) in [5.74, 6) is -0.207. The van der Waals surface area contributed by atoms with Crippen LogP contribution in [0.15, 0.2) is 54.2 Å². The summed E-state index contributed by atoms with van der Waals surface area (Å²) in [5.41, 5.74) is 2.28. The number of nitrogens with zero attached hydrogens (tertiary/aromatic N) is 2. The molecular formula is C17H14ClN3OS. The molecule has 3 rings (SSSR count). The smallest absolute Gasteiger partial charge is 0.253 e. The summed E-state index contributed by atoms with van der Waals surface area (Å²) in [6.07, 6.45) is 3.50. The quantitative estimate of drug-likeness (QED) is 0.766. The third-order valence-electron chi connectivity index (χ3n) is 3.32. The number of benzene rings is 1. The lowest BCUT2D eigenvalue weighted by Crippen LogP contribution is -2.26. The molecule has 0 fully saturated rings. The van der Waals surface area contributed by atoms with Crippen LogP contribution < -0.4 is 5.32 Å². The normalized spacial score (nSPS) is 11.9. The van der Waals surface area contributed by atoms with Gasteiger partial charge in [0, 0.05) is 23.3 Å². The number of aromatic nitrogens is 2. The molecule has 6 heteroatoms. The highest BCUT2D eigenvalue weighted by Gasteiger charge is 2.16. The molecule has 1 amide bonds. The highest BCUT2D eigenvalue weighted by atomic mass is 35.5. The van der Waals surface area contributed by atoms with Gasteiger partial charge in [0.15, 0.2) is 0 Å². The van der Waals surface area contributed by atoms with E-state index in [1.807, 2.05) is 24.4 Å². The van der Waals surface area contributed by atoms with Crippen molar-refractivity contribution in [3.8, 4) is 11.3 Å². The second-order valence-corrected chi connectivity index (χ2v) is 6.28. The van der Waals surface area contributed by atoms with Crippen molar-refractivity contribution in [2.24, 2.45) is 0 Å². The molecule has 23 heavy (non-hydrogen) atoms. The van der Waals surface area contributed by atoms with E-state index < -0.39 is 0 Å². The lowest BCUT2D eigenvalue weighted by molar-refractivity contribution is 0.0940. The summed E-state index contributed by atoms with van der Waals surface area (Å²) in [7, 11) is 0. The van der Waals surface area contributed by atoms with E-state index in [1.165, 1.54) is 11.3 Å². The summed E-state index contributed by atoms with van der Waals surface area (Å²) in [5, 5.41) is 6.16. The highest BCUT2D eigenvalue weighted by Crippen LogP contribution is 2.25. The van der Waals surface area contributed by atoms with E-state index in [4.69, 9.17) is 11.6 Å². The van der Waals surface area contributed by atoms with E-state index in [-0.39, 0.29) is 11.9 Å². The van der Waals surface area contributed by atoms with Gasteiger partial charge in [-0.1, -0.05) is 23.7 Å². The van der Waals surface area contributed by atoms with Crippen LogP contribution in [0.4, 0.5) is 0 Å². The average molecular weight is 344 g/mol. The lowest BCUT2D eigenvalue weighted by atomic mass is 10.2. The molecule has 0 aliphatic carbocycles. The van der Waals surface area contributed by atoms with Crippen LogP contribution in [-0.2, 0) is 0 Å². The molecule has 0 radical (unpaired) electrons. The first kappa shape index (κ1) is 15.6. The van der Waals surface area contributed by atoms with Gasteiger partial charge < -0.3 is 5.32 Å². The SMILES string of the molecule is C[C@H](NC(=O)c1ccccc1Cl)c1nc(-c2cccnc2)cs1. The van der Waals surface area contributed by atoms with E-state index in [2.05, 4.69) is 15.3 Å². The van der Waals surface area contributed by atoms with Crippen LogP contribution in [0.5, 0.6) is 0 Å². The minimum absolute atomic E-state index is 0.200. The highest BCUT2D eigenvalue weighted by molar-refractivity contribution is 7.10. The number of thiazole rings is 1. The molecule has 2 aromatic heterocycles. The fraction of sp³-hybridized carbons (Fsp3) is 0.118. The number of carbonyl (C=O) groups is 1. The Balaban J connectivity index is 1.74. The van der Waals surface area contributed by atoms with Crippen LogP contribution in [0.2, 0.25) is 5.02 Å². The monoisotopic (exact) mass is 343 g/mol. The van der Waals surface area contributed by atoms with Crippen LogP contribution in [-0.4, -0.2) is 15.9 Å². The molecule has 0 unspecified atom stereocenters. The van der Waals surface area contributed by atoms with Gasteiger partial charge in [0.1, 0.15) is 5.01 Å². The molecule has 1 atom stereocenters. The Morgan fingerprint density at radius 1 is 1.26 bits per heavy atom. The maximum atomic E-state index is 12.3. The molecule has 4 nitrogen and oxygen atoms in total. The molecule has 0 aliphatic heterocycles. The number of pyridine rings is 1. The van der Waals surface area contributed by atoms with Gasteiger partial charge in [0.2, 0.25) is 0 Å². The standard InChI is InChI=1S/C17H14ClN3OS/c1-11(20-16(22)13-6-2-3-7-14(13)18)17-21-15(10-23-17)12-5-4-8-19-9-12/h2-11H,1H3,(H,20,22)/t11-/m0/s1. The van der Waals surface area contributed by atoms with Crippen molar-refractivity contribution in [2.75, 3.05) is 0 Å². The number of nitrogens with one attached hydrogen (secondary N) is 1. The Hall–Kier alpha value is -2.24. The summed E-state index contributed by atoms with van der Waals surface area (Å²) in [6.45, 7) is 1.90. The van der Waals surface area contributed by atoms with Gasteiger partial charge in [0.05, 0.1) is 22.3 Å². The Kier molecular flexibility index (Phi) is 4.69. The zero-order valence-electron chi connectivity index (χ0n) is 12.4. The fourth-order valence-electron chi connectivity index (χ4n) is 2.11. The number of hydrogen-bond acceptors (Lipinski definition) is 4. The van der Waals surface area contributed by atoms with Crippen molar-refractivity contribution in [3.63, 3.8) is 0 Å². The maximum absolute atomic E-state index is 12.3. The van der Waals surface area contributed by atoms with Crippen molar-refractivity contribution >= 4 is 28.8 Å². The van der Waals surface area contributed by atoms with Gasteiger partial charge >= 0.3 is 0 Å². The summed E-state index contributed by atoms with van der Waals surface area (Å²) in [6, 6.07) is 10.6. The molecular weight excluding hydrogens is 330 g/mol. The van der Waals surface area contributed by atoms with E-state index in [0.717, 1.165) is 16.3 Å². The minimum atomic E-state index is -0.207. The zero-order chi connectivity index (χ0) is 16.2. The predicted octanol–water partition coefficient (Wildman–Crippen LogP) is 4.35. The summed E-state index contributed by atoms with van der Waals surface area (Å²) >= 11 is 7.56. The topological polar surface area (TPSA) is 54.9 Å². The van der Waals surface area contributed by atoms with Gasteiger partial charge in [-0.25, -0.2) is 4.98 Å². The van der Waals surface area contributed by atoms with Crippen LogP contribution in [0.3, 0.4) is 0 Å². The van der Waals surface area contributed by atoms with Crippen molar-refractivity contribution < 1.29 is 4.79 Å². The molecule has 1 aromatic carbocycles. The Morgan fingerprint density at radius 3 is 2.83 bits per heavy atom. The molecule has 0 saturated carbocycles. The zero-order valence-corrected chi connectivity index (χ0v) is 13.9. The van der Waals surface area contributed by atoms with Gasteiger partial charge in [-0.05, 0) is 31.2 Å². The molecule has 116 valence electrons. The van der Waals surface area contributed by atoms with E-state index >= 15 is 0 Å². The van der Waals surface area contributed by atoms with Gasteiger partial charge in [-0.3, -0.25) is 9.78 Å². The molecule has 0 aliphatic rings. The van der Waals surface area contributed by atoms with Crippen molar-refractivity contribution in [1.29, 1.82) is 0 Å². The summed E-state index contributed by atoms with van der Waals surface area (Å²) < 4.78 is 0. The van der Waals surface area contributed by atoms with Gasteiger partial charge in [0.25, 0.3) is 5.91 Å². The number of halogens is 1. The Morgan fingerprint density at radius 2 is 2.09 bits per heavy atom. The van der Waals surface area contributed by atoms with Crippen LogP contribution in [0.1, 0.15) is 28.3 Å². The molecule has 1 N–H and O–H groups in total. The fourth-order valence-corrected chi connectivity index (χ4v) is 3.17. The van der Waals surface area contributed by atoms with Crippen molar-refractivity contribution in [2.45, 2.75) is 13.0 Å². The molecule has 0 bridgehead atoms. The van der Waals surface area contributed by atoms with Crippen molar-refractivity contribution in [1.82, 2.24) is 15.3 Å². The lowest BCUT2D eigenvalue weighted by Gasteiger charge is -2.12. The number of rotatable bonds is 4. The molecule has 2 heterocycles. The minimum Gasteiger partial charge on any atom is -0.343 e. The average Bonchev–Trinajstić information content (AvgIpc) is 3.06. The van der Waals surface area contributed by atoms with Gasteiger partial charge in [-0.2, -0.15) is 0 Å².